The number of carbonyl (C=O) groups excluding carboxylic acids is 1. The third kappa shape index (κ3) is 3.47. The Balaban J connectivity index is 1.78. The molecule has 2 heterocycles. The number of nitrogens with zero attached hydrogens (tertiary/aromatic N) is 4. The maximum atomic E-state index is 12.0. The van der Waals surface area contributed by atoms with E-state index in [-0.39, 0.29) is 0 Å². The summed E-state index contributed by atoms with van der Waals surface area (Å²) >= 11 is 17.0. The summed E-state index contributed by atoms with van der Waals surface area (Å²) < 4.78 is -1.90. The van der Waals surface area contributed by atoms with Gasteiger partial charge in [0, 0.05) is 26.2 Å². The van der Waals surface area contributed by atoms with E-state index in [1.165, 1.54) is 0 Å². The van der Waals surface area contributed by atoms with Crippen molar-refractivity contribution in [2.24, 2.45) is 0 Å². The van der Waals surface area contributed by atoms with Crippen LogP contribution in [-0.4, -0.2) is 50.7 Å². The predicted molar refractivity (Wildman–Crippen MR) is 93.4 cm³/mol. The van der Waals surface area contributed by atoms with Gasteiger partial charge in [-0.05, 0) is 19.1 Å². The molecule has 3 rings (SSSR count). The van der Waals surface area contributed by atoms with Crippen LogP contribution in [0.2, 0.25) is 0 Å². The number of fused-ring (bicyclic) bond motifs is 1. The minimum atomic E-state index is -1.90. The summed E-state index contributed by atoms with van der Waals surface area (Å²) in [5.74, 6) is 0.355. The predicted octanol–water partition coefficient (Wildman–Crippen LogP) is 2.96. The second-order valence-corrected chi connectivity index (χ2v) is 7.68. The Morgan fingerprint density at radius 3 is 2.17 bits per heavy atom. The van der Waals surface area contributed by atoms with Gasteiger partial charge < -0.3 is 9.80 Å². The molecule has 1 aliphatic rings. The van der Waals surface area contributed by atoms with Crippen molar-refractivity contribution in [3.05, 3.63) is 30.0 Å². The summed E-state index contributed by atoms with van der Waals surface area (Å²) in [7, 11) is 0. The van der Waals surface area contributed by atoms with E-state index < -0.39 is 9.70 Å². The van der Waals surface area contributed by atoms with Gasteiger partial charge in [-0.3, -0.25) is 4.79 Å². The minimum absolute atomic E-state index is 0.483. The Kier molecular flexibility index (Phi) is 4.54. The van der Waals surface area contributed by atoms with Crippen LogP contribution in [0.4, 0.5) is 5.82 Å². The number of hydrogen-bond donors (Lipinski definition) is 0. The van der Waals surface area contributed by atoms with E-state index in [2.05, 4.69) is 9.88 Å². The normalized spacial score (nSPS) is 16.0. The van der Waals surface area contributed by atoms with Crippen LogP contribution in [0.25, 0.3) is 11.0 Å². The topological polar surface area (TPSA) is 49.3 Å². The van der Waals surface area contributed by atoms with Crippen LogP contribution >= 0.6 is 34.8 Å². The van der Waals surface area contributed by atoms with Gasteiger partial charge in [-0.1, -0.05) is 46.9 Å². The first-order chi connectivity index (χ1) is 10.9. The van der Waals surface area contributed by atoms with E-state index in [9.17, 15) is 4.79 Å². The van der Waals surface area contributed by atoms with Crippen molar-refractivity contribution in [3.63, 3.8) is 0 Å². The van der Waals surface area contributed by atoms with Crippen LogP contribution in [0, 0.1) is 6.92 Å². The molecule has 0 saturated carbocycles. The van der Waals surface area contributed by atoms with Crippen molar-refractivity contribution in [1.29, 1.82) is 0 Å². The third-order valence-electron chi connectivity index (χ3n) is 3.83. The molecule has 1 aliphatic heterocycles. The molecule has 1 aromatic carbocycles. The standard InChI is InChI=1S/C15H15Cl3N4O/c1-10-13(20-12-5-3-2-4-11(12)19-10)21-6-8-22(9-7-21)14(23)15(16,17)18/h2-5H,6-9H2,1H3. The maximum Gasteiger partial charge on any atom is 0.274 e. The van der Waals surface area contributed by atoms with Gasteiger partial charge in [-0.25, -0.2) is 9.97 Å². The van der Waals surface area contributed by atoms with Crippen LogP contribution in [0.3, 0.4) is 0 Å². The van der Waals surface area contributed by atoms with Crippen molar-refractivity contribution in [1.82, 2.24) is 14.9 Å². The monoisotopic (exact) mass is 372 g/mol. The van der Waals surface area contributed by atoms with Gasteiger partial charge in [0.25, 0.3) is 9.70 Å². The van der Waals surface area contributed by atoms with Gasteiger partial charge in [0.05, 0.1) is 16.7 Å². The molecule has 1 saturated heterocycles. The zero-order chi connectivity index (χ0) is 16.6. The number of piperazine rings is 1. The van der Waals surface area contributed by atoms with Crippen LogP contribution in [0.5, 0.6) is 0 Å². The van der Waals surface area contributed by atoms with E-state index in [1.54, 1.807) is 4.90 Å². The largest absolute Gasteiger partial charge is 0.352 e. The fraction of sp³-hybridized carbons (Fsp3) is 0.400. The molecule has 122 valence electrons. The van der Waals surface area contributed by atoms with Crippen molar-refractivity contribution < 1.29 is 4.79 Å². The smallest absolute Gasteiger partial charge is 0.274 e. The highest BCUT2D eigenvalue weighted by atomic mass is 35.6. The van der Waals surface area contributed by atoms with E-state index in [1.807, 2.05) is 31.2 Å². The molecule has 1 amide bonds. The zero-order valence-electron chi connectivity index (χ0n) is 12.5. The summed E-state index contributed by atoms with van der Waals surface area (Å²) in [5.41, 5.74) is 2.59. The third-order valence-corrected chi connectivity index (χ3v) is 4.31. The van der Waals surface area contributed by atoms with Crippen LogP contribution in [0.15, 0.2) is 24.3 Å². The Bertz CT molecular complexity index is 739. The number of amides is 1. The van der Waals surface area contributed by atoms with Gasteiger partial charge in [0.15, 0.2) is 5.82 Å². The lowest BCUT2D eigenvalue weighted by atomic mass is 10.2. The molecule has 5 nitrogen and oxygen atoms in total. The SMILES string of the molecule is Cc1nc2ccccc2nc1N1CCN(C(=O)C(Cl)(Cl)Cl)CC1. The van der Waals surface area contributed by atoms with Crippen LogP contribution in [0.1, 0.15) is 5.69 Å². The summed E-state index contributed by atoms with van der Waals surface area (Å²) in [6.07, 6.45) is 0. The first-order valence-electron chi connectivity index (χ1n) is 7.20. The Morgan fingerprint density at radius 1 is 1.04 bits per heavy atom. The van der Waals surface area contributed by atoms with Crippen molar-refractivity contribution >= 4 is 57.6 Å². The van der Waals surface area contributed by atoms with Gasteiger partial charge in [-0.15, -0.1) is 0 Å². The molecule has 0 N–H and O–H groups in total. The number of benzene rings is 1. The Morgan fingerprint density at radius 2 is 1.61 bits per heavy atom. The maximum absolute atomic E-state index is 12.0. The lowest BCUT2D eigenvalue weighted by molar-refractivity contribution is -0.130. The number of aryl methyl sites for hydroxylation is 1. The molecule has 0 aliphatic carbocycles. The quantitative estimate of drug-likeness (QED) is 0.721. The molecule has 2 aromatic rings. The molecule has 23 heavy (non-hydrogen) atoms. The minimum Gasteiger partial charge on any atom is -0.352 e. The number of hydrogen-bond acceptors (Lipinski definition) is 4. The van der Waals surface area contributed by atoms with E-state index in [4.69, 9.17) is 39.8 Å². The zero-order valence-corrected chi connectivity index (χ0v) is 14.7. The molecular weight excluding hydrogens is 359 g/mol. The fourth-order valence-electron chi connectivity index (χ4n) is 2.68. The summed E-state index contributed by atoms with van der Waals surface area (Å²) in [4.78, 5) is 25.0. The van der Waals surface area contributed by atoms with Gasteiger partial charge in [0.2, 0.25) is 0 Å². The second-order valence-electron chi connectivity index (χ2n) is 5.40. The highest BCUT2D eigenvalue weighted by molar-refractivity contribution is 6.76. The number of carbonyl (C=O) groups is 1. The highest BCUT2D eigenvalue weighted by Crippen LogP contribution is 2.29. The highest BCUT2D eigenvalue weighted by Gasteiger charge is 2.36. The molecule has 0 spiro atoms. The number of anilines is 1. The second kappa shape index (κ2) is 6.30. The number of para-hydroxylation sites is 2. The Hall–Kier alpha value is -1.30. The first-order valence-corrected chi connectivity index (χ1v) is 8.34. The molecule has 0 atom stereocenters. The molecule has 1 fully saturated rings. The van der Waals surface area contributed by atoms with E-state index in [0.29, 0.717) is 26.2 Å². The summed E-state index contributed by atoms with van der Waals surface area (Å²) in [6, 6.07) is 7.76. The summed E-state index contributed by atoms with van der Waals surface area (Å²) in [6.45, 7) is 4.16. The van der Waals surface area contributed by atoms with Crippen LogP contribution in [-0.2, 0) is 4.79 Å². The lowest BCUT2D eigenvalue weighted by Crippen LogP contribution is -2.52. The number of aromatic nitrogens is 2. The molecule has 0 unspecified atom stereocenters. The lowest BCUT2D eigenvalue weighted by Gasteiger charge is -2.36. The average Bonchev–Trinajstić information content (AvgIpc) is 2.53. The van der Waals surface area contributed by atoms with Crippen molar-refractivity contribution in [2.75, 3.05) is 31.1 Å². The first kappa shape index (κ1) is 16.6. The van der Waals surface area contributed by atoms with E-state index >= 15 is 0 Å². The molecule has 0 bridgehead atoms. The molecule has 0 radical (unpaired) electrons. The molecule has 8 heteroatoms. The van der Waals surface area contributed by atoms with Crippen molar-refractivity contribution in [2.45, 2.75) is 10.7 Å². The van der Waals surface area contributed by atoms with Gasteiger partial charge in [-0.2, -0.15) is 0 Å². The fourth-order valence-corrected chi connectivity index (χ4v) is 3.04. The van der Waals surface area contributed by atoms with Gasteiger partial charge in [0.1, 0.15) is 0 Å². The number of rotatable bonds is 1. The average molecular weight is 374 g/mol. The molecule has 1 aromatic heterocycles. The molecular formula is C15H15Cl3N4O. The Labute approximate surface area is 149 Å². The van der Waals surface area contributed by atoms with E-state index in [0.717, 1.165) is 22.5 Å². The van der Waals surface area contributed by atoms with Crippen LogP contribution < -0.4 is 4.90 Å². The van der Waals surface area contributed by atoms with Crippen molar-refractivity contribution in [3.8, 4) is 0 Å². The van der Waals surface area contributed by atoms with Gasteiger partial charge >= 0.3 is 0 Å². The summed E-state index contributed by atoms with van der Waals surface area (Å²) in [5, 5.41) is 0. The number of halogens is 3. The number of alkyl halides is 3.